The molecule has 0 N–H and O–H groups in total. The van der Waals surface area contributed by atoms with Crippen LogP contribution in [0.25, 0.3) is 0 Å². The lowest BCUT2D eigenvalue weighted by Crippen LogP contribution is -2.57. The summed E-state index contributed by atoms with van der Waals surface area (Å²) in [5, 5.41) is 0.146. The van der Waals surface area contributed by atoms with Crippen molar-refractivity contribution >= 4 is 27.3 Å². The molecule has 2 aromatic carbocycles. The third-order valence-corrected chi connectivity index (χ3v) is 8.58. The Balaban J connectivity index is 1.51. The van der Waals surface area contributed by atoms with E-state index in [0.717, 1.165) is 12.8 Å². The third kappa shape index (κ3) is 3.95. The van der Waals surface area contributed by atoms with Gasteiger partial charge in [-0.2, -0.15) is 0 Å². The molecule has 2 saturated heterocycles. The van der Waals surface area contributed by atoms with Crippen LogP contribution in [0.4, 0.5) is 0 Å². The average Bonchev–Trinajstić information content (AvgIpc) is 2.98. The molecule has 0 aliphatic carbocycles. The predicted octanol–water partition coefficient (Wildman–Crippen LogP) is 4.49. The molecule has 2 aliphatic heterocycles. The first-order chi connectivity index (χ1) is 14.2. The van der Waals surface area contributed by atoms with Gasteiger partial charge < -0.3 is 9.64 Å². The molecular weight excluding hydrogens is 422 g/mol. The fourth-order valence-electron chi connectivity index (χ4n) is 4.67. The summed E-state index contributed by atoms with van der Waals surface area (Å²) < 4.78 is 32.2. The number of sulfone groups is 1. The molecule has 0 aromatic heterocycles. The van der Waals surface area contributed by atoms with Crippen LogP contribution in [0.1, 0.15) is 39.5 Å². The number of carbonyl (C=O) groups is 1. The largest absolute Gasteiger partial charge is 0.478 e. The number of piperidine rings is 1. The standard InChI is InChI=1S/C23H26ClNO4S/c1-23(2,29-19-12-8-16(24)9-13-19)22(26)25-17-10-11-18(25)15-21(14-17)30(27,28)20-6-4-3-5-7-20/h3-9,12-13,17-18,21H,10-11,14-15H2,1-2H3/t17-,18+,21?. The first-order valence-electron chi connectivity index (χ1n) is 10.2. The second kappa shape index (κ2) is 7.89. The van der Waals surface area contributed by atoms with Gasteiger partial charge >= 0.3 is 0 Å². The van der Waals surface area contributed by atoms with Crippen molar-refractivity contribution in [3.8, 4) is 5.75 Å². The molecule has 160 valence electrons. The number of carbonyl (C=O) groups excluding carboxylic acids is 1. The SMILES string of the molecule is CC(C)(Oc1ccc(Cl)cc1)C(=O)N1[C@@H]2CC[C@H]1CC(S(=O)(=O)c1ccccc1)C2. The van der Waals surface area contributed by atoms with Crippen molar-refractivity contribution < 1.29 is 17.9 Å². The van der Waals surface area contributed by atoms with Crippen LogP contribution in [0.15, 0.2) is 59.5 Å². The molecule has 30 heavy (non-hydrogen) atoms. The minimum Gasteiger partial charge on any atom is -0.478 e. The van der Waals surface area contributed by atoms with Crippen molar-refractivity contribution in [2.24, 2.45) is 0 Å². The predicted molar refractivity (Wildman–Crippen MR) is 116 cm³/mol. The molecule has 1 unspecified atom stereocenters. The van der Waals surface area contributed by atoms with E-state index in [1.807, 2.05) is 11.0 Å². The molecule has 0 spiro atoms. The number of ether oxygens (including phenoxy) is 1. The van der Waals surface area contributed by atoms with Crippen molar-refractivity contribution in [1.29, 1.82) is 0 Å². The lowest BCUT2D eigenvalue weighted by atomic mass is 9.98. The summed E-state index contributed by atoms with van der Waals surface area (Å²) in [6, 6.07) is 15.4. The van der Waals surface area contributed by atoms with Crippen LogP contribution in [0.2, 0.25) is 5.02 Å². The maximum Gasteiger partial charge on any atom is 0.266 e. The quantitative estimate of drug-likeness (QED) is 0.677. The van der Waals surface area contributed by atoms with Gasteiger partial charge in [0.1, 0.15) is 5.75 Å². The smallest absolute Gasteiger partial charge is 0.266 e. The molecule has 1 amide bonds. The fraction of sp³-hybridized carbons (Fsp3) is 0.435. The Morgan fingerprint density at radius 1 is 1.00 bits per heavy atom. The van der Waals surface area contributed by atoms with Crippen molar-refractivity contribution in [3.05, 3.63) is 59.6 Å². The number of halogens is 1. The summed E-state index contributed by atoms with van der Waals surface area (Å²) in [6.07, 6.45) is 2.59. The number of amides is 1. The van der Waals surface area contributed by atoms with Gasteiger partial charge in [0.05, 0.1) is 10.1 Å². The number of nitrogens with zero attached hydrogens (tertiary/aromatic N) is 1. The Morgan fingerprint density at radius 2 is 1.57 bits per heavy atom. The summed E-state index contributed by atoms with van der Waals surface area (Å²) in [5.74, 6) is 0.479. The van der Waals surface area contributed by atoms with Gasteiger partial charge in [-0.15, -0.1) is 0 Å². The molecule has 0 radical (unpaired) electrons. The first-order valence-corrected chi connectivity index (χ1v) is 12.2. The van der Waals surface area contributed by atoms with Gasteiger partial charge in [-0.25, -0.2) is 8.42 Å². The highest BCUT2D eigenvalue weighted by atomic mass is 35.5. The zero-order valence-corrected chi connectivity index (χ0v) is 18.7. The Kier molecular flexibility index (Phi) is 5.58. The summed E-state index contributed by atoms with van der Waals surface area (Å²) in [4.78, 5) is 15.6. The van der Waals surface area contributed by atoms with Gasteiger partial charge in [-0.1, -0.05) is 29.8 Å². The zero-order valence-electron chi connectivity index (χ0n) is 17.1. The third-order valence-electron chi connectivity index (χ3n) is 6.14. The van der Waals surface area contributed by atoms with Gasteiger partial charge in [0.2, 0.25) is 0 Å². The molecular formula is C23H26ClNO4S. The molecule has 5 nitrogen and oxygen atoms in total. The number of fused-ring (bicyclic) bond motifs is 2. The number of hydrogen-bond acceptors (Lipinski definition) is 4. The summed E-state index contributed by atoms with van der Waals surface area (Å²) >= 11 is 5.93. The van der Waals surface area contributed by atoms with Crippen LogP contribution in [-0.4, -0.2) is 42.2 Å². The highest BCUT2D eigenvalue weighted by Crippen LogP contribution is 2.41. The van der Waals surface area contributed by atoms with Crippen LogP contribution < -0.4 is 4.74 Å². The highest BCUT2D eigenvalue weighted by Gasteiger charge is 2.50. The molecule has 2 aliphatic rings. The number of rotatable bonds is 5. The normalized spacial score (nSPS) is 24.0. The highest BCUT2D eigenvalue weighted by molar-refractivity contribution is 7.92. The van der Waals surface area contributed by atoms with Gasteiger partial charge in [0, 0.05) is 17.1 Å². The molecule has 3 atom stereocenters. The first kappa shape index (κ1) is 21.2. The second-order valence-electron chi connectivity index (χ2n) is 8.62. The molecule has 2 aromatic rings. The van der Waals surface area contributed by atoms with Crippen LogP contribution in [-0.2, 0) is 14.6 Å². The minimum atomic E-state index is -3.41. The monoisotopic (exact) mass is 447 g/mol. The van der Waals surface area contributed by atoms with Crippen molar-refractivity contribution in [2.45, 2.75) is 67.4 Å². The maximum absolute atomic E-state index is 13.4. The fourth-order valence-corrected chi connectivity index (χ4v) is 6.66. The van der Waals surface area contributed by atoms with E-state index >= 15 is 0 Å². The van der Waals surface area contributed by atoms with Crippen molar-refractivity contribution in [3.63, 3.8) is 0 Å². The van der Waals surface area contributed by atoms with Crippen molar-refractivity contribution in [2.75, 3.05) is 0 Å². The van der Waals surface area contributed by atoms with Crippen LogP contribution in [0.3, 0.4) is 0 Å². The van der Waals surface area contributed by atoms with Gasteiger partial charge in [0.15, 0.2) is 15.4 Å². The Morgan fingerprint density at radius 3 is 2.13 bits per heavy atom. The average molecular weight is 448 g/mol. The van der Waals surface area contributed by atoms with E-state index in [9.17, 15) is 13.2 Å². The van der Waals surface area contributed by atoms with Crippen molar-refractivity contribution in [1.82, 2.24) is 4.90 Å². The Labute approximate surface area is 182 Å². The number of benzene rings is 2. The summed E-state index contributed by atoms with van der Waals surface area (Å²) in [7, 11) is -3.41. The second-order valence-corrected chi connectivity index (χ2v) is 11.3. The van der Waals surface area contributed by atoms with Gasteiger partial charge in [0.25, 0.3) is 5.91 Å². The number of hydrogen-bond donors (Lipinski definition) is 0. The van der Waals surface area contributed by atoms with E-state index < -0.39 is 20.7 Å². The van der Waals surface area contributed by atoms with E-state index in [-0.39, 0.29) is 18.0 Å². The minimum absolute atomic E-state index is 0.0761. The van der Waals surface area contributed by atoms with Crippen LogP contribution in [0, 0.1) is 0 Å². The Bertz CT molecular complexity index is 1010. The molecule has 7 heteroatoms. The van der Waals surface area contributed by atoms with E-state index in [2.05, 4.69) is 0 Å². The van der Waals surface area contributed by atoms with Crippen LogP contribution >= 0.6 is 11.6 Å². The maximum atomic E-state index is 13.4. The summed E-state index contributed by atoms with van der Waals surface area (Å²) in [6.45, 7) is 3.52. The lowest BCUT2D eigenvalue weighted by Gasteiger charge is -2.42. The van der Waals surface area contributed by atoms with Crippen LogP contribution in [0.5, 0.6) is 5.75 Å². The molecule has 2 fully saturated rings. The topological polar surface area (TPSA) is 63.7 Å². The summed E-state index contributed by atoms with van der Waals surface area (Å²) in [5.41, 5.74) is -1.06. The van der Waals surface area contributed by atoms with E-state index in [0.29, 0.717) is 28.5 Å². The molecule has 4 rings (SSSR count). The van der Waals surface area contributed by atoms with E-state index in [4.69, 9.17) is 16.3 Å². The van der Waals surface area contributed by atoms with E-state index in [1.165, 1.54) is 0 Å². The molecule has 0 saturated carbocycles. The van der Waals surface area contributed by atoms with Gasteiger partial charge in [-0.05, 0) is 75.9 Å². The molecule has 2 bridgehead atoms. The molecule has 2 heterocycles. The van der Waals surface area contributed by atoms with E-state index in [1.54, 1.807) is 62.4 Å². The Hall–Kier alpha value is -2.05. The van der Waals surface area contributed by atoms with Gasteiger partial charge in [-0.3, -0.25) is 4.79 Å². The lowest BCUT2D eigenvalue weighted by molar-refractivity contribution is -0.150. The zero-order chi connectivity index (χ0) is 21.5.